The number of sulfonamides is 1. The number of nitrogens with zero attached hydrogens (tertiary/aromatic N) is 3. The standard InChI is InChI=1S/C14H24N4O2S/c1-3-4-11-21(19,20)16-14-6-5-13(12-15-14)18-9-7-17(2)8-10-18/h5-6,12H,3-4,7-11H2,1-2H3,(H,15,16). The van der Waals surface area contributed by atoms with E-state index in [-0.39, 0.29) is 5.75 Å². The fraction of sp³-hybridized carbons (Fsp3) is 0.643. The summed E-state index contributed by atoms with van der Waals surface area (Å²) in [6.07, 6.45) is 3.26. The average Bonchev–Trinajstić information content (AvgIpc) is 2.47. The van der Waals surface area contributed by atoms with E-state index < -0.39 is 10.0 Å². The van der Waals surface area contributed by atoms with Crippen molar-refractivity contribution in [3.05, 3.63) is 18.3 Å². The number of nitrogens with one attached hydrogen (secondary N) is 1. The topological polar surface area (TPSA) is 65.5 Å². The highest BCUT2D eigenvalue weighted by Crippen LogP contribution is 2.17. The van der Waals surface area contributed by atoms with Gasteiger partial charge in [-0.2, -0.15) is 0 Å². The third-order valence-electron chi connectivity index (χ3n) is 3.64. The number of hydrogen-bond donors (Lipinski definition) is 1. The van der Waals surface area contributed by atoms with Gasteiger partial charge in [0.2, 0.25) is 10.0 Å². The molecule has 1 aromatic heterocycles. The highest BCUT2D eigenvalue weighted by Gasteiger charge is 2.15. The molecule has 0 bridgehead atoms. The van der Waals surface area contributed by atoms with Crippen molar-refractivity contribution >= 4 is 21.5 Å². The van der Waals surface area contributed by atoms with Gasteiger partial charge in [0.25, 0.3) is 0 Å². The number of piperazine rings is 1. The monoisotopic (exact) mass is 312 g/mol. The Hall–Kier alpha value is -1.34. The molecule has 21 heavy (non-hydrogen) atoms. The highest BCUT2D eigenvalue weighted by molar-refractivity contribution is 7.92. The Labute approximate surface area is 127 Å². The number of likely N-dealkylation sites (N-methyl/N-ethyl adjacent to an activating group) is 1. The Morgan fingerprint density at radius 1 is 1.24 bits per heavy atom. The average molecular weight is 312 g/mol. The second kappa shape index (κ2) is 7.09. The van der Waals surface area contributed by atoms with E-state index in [1.807, 2.05) is 13.0 Å². The van der Waals surface area contributed by atoms with Crippen molar-refractivity contribution < 1.29 is 8.42 Å². The van der Waals surface area contributed by atoms with Crippen molar-refractivity contribution in [2.24, 2.45) is 0 Å². The summed E-state index contributed by atoms with van der Waals surface area (Å²) < 4.78 is 26.2. The first-order valence-electron chi connectivity index (χ1n) is 7.40. The Bertz CT molecular complexity index is 537. The largest absolute Gasteiger partial charge is 0.368 e. The first-order chi connectivity index (χ1) is 10.00. The van der Waals surface area contributed by atoms with Gasteiger partial charge in [0, 0.05) is 26.2 Å². The summed E-state index contributed by atoms with van der Waals surface area (Å²) in [6.45, 7) is 5.98. The lowest BCUT2D eigenvalue weighted by molar-refractivity contribution is 0.313. The summed E-state index contributed by atoms with van der Waals surface area (Å²) in [5.74, 6) is 0.537. The molecule has 1 fully saturated rings. The van der Waals surface area contributed by atoms with Crippen LogP contribution in [0.3, 0.4) is 0 Å². The van der Waals surface area contributed by atoms with Crippen molar-refractivity contribution in [1.29, 1.82) is 0 Å². The van der Waals surface area contributed by atoms with Crippen LogP contribution in [0, 0.1) is 0 Å². The molecule has 0 radical (unpaired) electrons. The molecule has 1 N–H and O–H groups in total. The van der Waals surface area contributed by atoms with Gasteiger partial charge in [-0.3, -0.25) is 4.72 Å². The molecule has 0 aromatic carbocycles. The number of aromatic nitrogens is 1. The Morgan fingerprint density at radius 3 is 2.52 bits per heavy atom. The minimum atomic E-state index is -3.27. The molecular formula is C14H24N4O2S. The highest BCUT2D eigenvalue weighted by atomic mass is 32.2. The zero-order valence-corrected chi connectivity index (χ0v) is 13.6. The second-order valence-corrected chi connectivity index (χ2v) is 7.31. The van der Waals surface area contributed by atoms with Crippen LogP contribution in [-0.2, 0) is 10.0 Å². The van der Waals surface area contributed by atoms with E-state index >= 15 is 0 Å². The molecule has 0 amide bonds. The summed E-state index contributed by atoms with van der Waals surface area (Å²) >= 11 is 0. The number of pyridine rings is 1. The van der Waals surface area contributed by atoms with Gasteiger partial charge in [-0.1, -0.05) is 13.3 Å². The SMILES string of the molecule is CCCCS(=O)(=O)Nc1ccc(N2CCN(C)CC2)cn1. The summed E-state index contributed by atoms with van der Waals surface area (Å²) in [4.78, 5) is 8.78. The molecule has 118 valence electrons. The maximum Gasteiger partial charge on any atom is 0.233 e. The molecule has 0 spiro atoms. The number of hydrogen-bond acceptors (Lipinski definition) is 5. The van der Waals surface area contributed by atoms with Gasteiger partial charge in [0.15, 0.2) is 0 Å². The zero-order chi connectivity index (χ0) is 15.3. The van der Waals surface area contributed by atoms with Crippen LogP contribution in [0.5, 0.6) is 0 Å². The van der Waals surface area contributed by atoms with Gasteiger partial charge < -0.3 is 9.80 Å². The first-order valence-corrected chi connectivity index (χ1v) is 9.05. The second-order valence-electron chi connectivity index (χ2n) is 5.47. The van der Waals surface area contributed by atoms with E-state index in [1.54, 1.807) is 12.3 Å². The van der Waals surface area contributed by atoms with E-state index in [1.165, 1.54) is 0 Å². The lowest BCUT2D eigenvalue weighted by atomic mass is 10.3. The molecule has 1 aliphatic heterocycles. The predicted molar refractivity (Wildman–Crippen MR) is 86.3 cm³/mol. The number of anilines is 2. The van der Waals surface area contributed by atoms with E-state index in [4.69, 9.17) is 0 Å². The van der Waals surface area contributed by atoms with E-state index in [0.29, 0.717) is 12.2 Å². The van der Waals surface area contributed by atoms with E-state index in [9.17, 15) is 8.42 Å². The van der Waals surface area contributed by atoms with Crippen LogP contribution < -0.4 is 9.62 Å². The maximum atomic E-state index is 11.8. The van der Waals surface area contributed by atoms with Crippen LogP contribution in [0.1, 0.15) is 19.8 Å². The fourth-order valence-corrected chi connectivity index (χ4v) is 3.45. The summed E-state index contributed by atoms with van der Waals surface area (Å²) in [6, 6.07) is 3.66. The number of unbranched alkanes of at least 4 members (excludes halogenated alkanes) is 1. The van der Waals surface area contributed by atoms with Gasteiger partial charge in [-0.25, -0.2) is 13.4 Å². The van der Waals surface area contributed by atoms with E-state index in [0.717, 1.165) is 38.3 Å². The summed E-state index contributed by atoms with van der Waals surface area (Å²) in [5.41, 5.74) is 1.04. The van der Waals surface area contributed by atoms with Crippen molar-refractivity contribution in [2.75, 3.05) is 48.6 Å². The molecule has 0 aliphatic carbocycles. The quantitative estimate of drug-likeness (QED) is 0.859. The van der Waals surface area contributed by atoms with Crippen LogP contribution >= 0.6 is 0 Å². The third kappa shape index (κ3) is 4.86. The molecule has 0 atom stereocenters. The Morgan fingerprint density at radius 2 is 1.95 bits per heavy atom. The Balaban J connectivity index is 1.96. The van der Waals surface area contributed by atoms with Crippen LogP contribution in [0.2, 0.25) is 0 Å². The van der Waals surface area contributed by atoms with Crippen LogP contribution in [0.4, 0.5) is 11.5 Å². The van der Waals surface area contributed by atoms with Gasteiger partial charge in [0.05, 0.1) is 17.6 Å². The molecule has 2 heterocycles. The lowest BCUT2D eigenvalue weighted by Gasteiger charge is -2.33. The van der Waals surface area contributed by atoms with E-state index in [2.05, 4.69) is 26.6 Å². The maximum absolute atomic E-state index is 11.8. The van der Waals surface area contributed by atoms with Crippen molar-refractivity contribution in [2.45, 2.75) is 19.8 Å². The van der Waals surface area contributed by atoms with Crippen LogP contribution in [-0.4, -0.2) is 57.3 Å². The normalized spacial score (nSPS) is 17.0. The third-order valence-corrected chi connectivity index (χ3v) is 4.99. The summed E-state index contributed by atoms with van der Waals surface area (Å²) in [5, 5.41) is 0. The smallest absolute Gasteiger partial charge is 0.233 e. The lowest BCUT2D eigenvalue weighted by Crippen LogP contribution is -2.44. The van der Waals surface area contributed by atoms with Crippen molar-refractivity contribution in [1.82, 2.24) is 9.88 Å². The number of rotatable bonds is 6. The van der Waals surface area contributed by atoms with Crippen molar-refractivity contribution in [3.8, 4) is 0 Å². The Kier molecular flexibility index (Phi) is 5.41. The van der Waals surface area contributed by atoms with Gasteiger partial charge in [-0.15, -0.1) is 0 Å². The molecule has 2 rings (SSSR count). The van der Waals surface area contributed by atoms with Crippen LogP contribution in [0.25, 0.3) is 0 Å². The molecule has 1 saturated heterocycles. The van der Waals surface area contributed by atoms with Crippen LogP contribution in [0.15, 0.2) is 18.3 Å². The molecule has 1 aliphatic rings. The molecular weight excluding hydrogens is 288 g/mol. The molecule has 1 aromatic rings. The minimum absolute atomic E-state index is 0.144. The predicted octanol–water partition coefficient (Wildman–Crippen LogP) is 1.38. The van der Waals surface area contributed by atoms with Gasteiger partial charge >= 0.3 is 0 Å². The minimum Gasteiger partial charge on any atom is -0.368 e. The zero-order valence-electron chi connectivity index (χ0n) is 12.7. The summed E-state index contributed by atoms with van der Waals surface area (Å²) in [7, 11) is -1.16. The molecule has 6 nitrogen and oxygen atoms in total. The molecule has 0 saturated carbocycles. The first kappa shape index (κ1) is 16.0. The molecule has 0 unspecified atom stereocenters. The van der Waals surface area contributed by atoms with Gasteiger partial charge in [-0.05, 0) is 25.6 Å². The van der Waals surface area contributed by atoms with Gasteiger partial charge in [0.1, 0.15) is 5.82 Å². The fourth-order valence-electron chi connectivity index (χ4n) is 2.24. The van der Waals surface area contributed by atoms with Crippen molar-refractivity contribution in [3.63, 3.8) is 0 Å². The molecule has 7 heteroatoms.